The number of aromatic nitrogens is 3. The second kappa shape index (κ2) is 4.72. The molecule has 2 aromatic heterocycles. The summed E-state index contributed by atoms with van der Waals surface area (Å²) in [4.78, 5) is 10.9. The Labute approximate surface area is 110 Å². The van der Waals surface area contributed by atoms with Gasteiger partial charge >= 0.3 is 6.18 Å². The van der Waals surface area contributed by atoms with Gasteiger partial charge in [0.25, 0.3) is 5.22 Å². The summed E-state index contributed by atoms with van der Waals surface area (Å²) in [5.74, 6) is 0.151. The molecule has 0 aromatic carbocycles. The first kappa shape index (κ1) is 13.7. The molecule has 0 radical (unpaired) electrons. The third-order valence-electron chi connectivity index (χ3n) is 2.21. The topological polar surface area (TPSA) is 77.8 Å². The van der Waals surface area contributed by atoms with E-state index in [4.69, 9.17) is 10.2 Å². The Kier molecular flexibility index (Phi) is 3.40. The SMILES string of the molecule is Cc1nc(Sc2cc(C(F)(F)F)nc(N)n2)oc1C. The molecule has 9 heteroatoms. The lowest BCUT2D eigenvalue weighted by atomic mass is 10.4. The summed E-state index contributed by atoms with van der Waals surface area (Å²) in [5.41, 5.74) is 4.83. The standard InChI is InChI=1S/C10H9F3N4OS/c1-4-5(2)18-9(15-4)19-7-3-6(10(11,12)13)16-8(14)17-7/h3H,1-2H3,(H2,14,16,17). The molecular weight excluding hydrogens is 281 g/mol. The zero-order chi connectivity index (χ0) is 14.2. The van der Waals surface area contributed by atoms with Crippen LogP contribution in [0.1, 0.15) is 17.1 Å². The van der Waals surface area contributed by atoms with Crippen molar-refractivity contribution in [1.29, 1.82) is 0 Å². The summed E-state index contributed by atoms with van der Waals surface area (Å²) in [5, 5.41) is 0.238. The molecule has 5 nitrogen and oxygen atoms in total. The van der Waals surface area contributed by atoms with Crippen molar-refractivity contribution in [2.75, 3.05) is 5.73 Å². The molecule has 0 unspecified atom stereocenters. The predicted molar refractivity (Wildman–Crippen MR) is 61.5 cm³/mol. The number of nitrogen functional groups attached to an aromatic ring is 1. The van der Waals surface area contributed by atoms with Gasteiger partial charge in [0.05, 0.1) is 5.69 Å². The maximum absolute atomic E-state index is 12.6. The molecule has 0 bridgehead atoms. The van der Waals surface area contributed by atoms with E-state index in [2.05, 4.69) is 15.0 Å². The van der Waals surface area contributed by atoms with Crippen molar-refractivity contribution in [1.82, 2.24) is 15.0 Å². The van der Waals surface area contributed by atoms with Gasteiger partial charge in [0.1, 0.15) is 10.8 Å². The molecule has 0 aliphatic heterocycles. The molecule has 0 fully saturated rings. The third-order valence-corrected chi connectivity index (χ3v) is 2.98. The number of oxazole rings is 1. The van der Waals surface area contributed by atoms with Gasteiger partial charge in [-0.1, -0.05) is 0 Å². The average molecular weight is 290 g/mol. The molecule has 2 N–H and O–H groups in total. The van der Waals surface area contributed by atoms with Crippen LogP contribution < -0.4 is 5.73 Å². The fourth-order valence-electron chi connectivity index (χ4n) is 1.22. The van der Waals surface area contributed by atoms with Crippen LogP contribution in [-0.4, -0.2) is 15.0 Å². The Bertz CT molecular complexity index is 592. The summed E-state index contributed by atoms with van der Waals surface area (Å²) in [6, 6.07) is 0.801. The van der Waals surface area contributed by atoms with Gasteiger partial charge in [-0.3, -0.25) is 0 Å². The summed E-state index contributed by atoms with van der Waals surface area (Å²) >= 11 is 0.858. The monoisotopic (exact) mass is 290 g/mol. The van der Waals surface area contributed by atoms with Crippen LogP contribution in [0.5, 0.6) is 0 Å². The highest BCUT2D eigenvalue weighted by molar-refractivity contribution is 7.99. The van der Waals surface area contributed by atoms with Crippen LogP contribution in [0.15, 0.2) is 20.7 Å². The highest BCUT2D eigenvalue weighted by atomic mass is 32.2. The van der Waals surface area contributed by atoms with E-state index < -0.39 is 17.8 Å². The van der Waals surface area contributed by atoms with Crippen molar-refractivity contribution >= 4 is 17.7 Å². The Hall–Kier alpha value is -1.77. The Balaban J connectivity index is 2.32. The van der Waals surface area contributed by atoms with Crippen molar-refractivity contribution in [3.8, 4) is 0 Å². The smallest absolute Gasteiger partial charge is 0.433 e. The lowest BCUT2D eigenvalue weighted by Crippen LogP contribution is -2.11. The van der Waals surface area contributed by atoms with E-state index in [9.17, 15) is 13.2 Å². The summed E-state index contributed by atoms with van der Waals surface area (Å²) in [6.07, 6.45) is -4.57. The first-order chi connectivity index (χ1) is 8.75. The molecule has 0 atom stereocenters. The van der Waals surface area contributed by atoms with E-state index in [-0.39, 0.29) is 10.2 Å². The normalized spacial score (nSPS) is 11.8. The number of hydrogen-bond donors (Lipinski definition) is 1. The van der Waals surface area contributed by atoms with Gasteiger partial charge in [-0.05, 0) is 25.6 Å². The van der Waals surface area contributed by atoms with E-state index in [0.29, 0.717) is 11.5 Å². The number of halogens is 3. The van der Waals surface area contributed by atoms with E-state index in [1.807, 2.05) is 0 Å². The van der Waals surface area contributed by atoms with E-state index in [1.165, 1.54) is 0 Å². The zero-order valence-electron chi connectivity index (χ0n) is 9.95. The maximum Gasteiger partial charge on any atom is 0.433 e. The predicted octanol–water partition coefficient (Wildman–Crippen LogP) is 2.83. The molecule has 2 aromatic rings. The highest BCUT2D eigenvalue weighted by Gasteiger charge is 2.33. The van der Waals surface area contributed by atoms with Crippen LogP contribution in [-0.2, 0) is 6.18 Å². The van der Waals surface area contributed by atoms with Gasteiger partial charge in [-0.2, -0.15) is 13.2 Å². The molecule has 19 heavy (non-hydrogen) atoms. The molecule has 102 valence electrons. The lowest BCUT2D eigenvalue weighted by molar-refractivity contribution is -0.141. The van der Waals surface area contributed by atoms with E-state index in [1.54, 1.807) is 13.8 Å². The lowest BCUT2D eigenvalue weighted by Gasteiger charge is -2.07. The highest BCUT2D eigenvalue weighted by Crippen LogP contribution is 2.33. The Morgan fingerprint density at radius 3 is 2.42 bits per heavy atom. The van der Waals surface area contributed by atoms with Gasteiger partial charge in [0.15, 0.2) is 5.69 Å². The van der Waals surface area contributed by atoms with Crippen molar-refractivity contribution in [3.05, 3.63) is 23.2 Å². The molecule has 0 amide bonds. The van der Waals surface area contributed by atoms with Gasteiger partial charge in [-0.25, -0.2) is 15.0 Å². The number of rotatable bonds is 2. The number of anilines is 1. The van der Waals surface area contributed by atoms with Crippen LogP contribution in [0.25, 0.3) is 0 Å². The number of aryl methyl sites for hydroxylation is 2. The minimum absolute atomic E-state index is 0.0288. The number of hydrogen-bond acceptors (Lipinski definition) is 6. The zero-order valence-corrected chi connectivity index (χ0v) is 10.8. The summed E-state index contributed by atoms with van der Waals surface area (Å²) in [7, 11) is 0. The minimum atomic E-state index is -4.57. The molecule has 0 saturated heterocycles. The summed E-state index contributed by atoms with van der Waals surface area (Å²) < 4.78 is 42.9. The fraction of sp³-hybridized carbons (Fsp3) is 0.300. The minimum Gasteiger partial charge on any atom is -0.436 e. The van der Waals surface area contributed by atoms with Gasteiger partial charge in [0, 0.05) is 6.07 Å². The van der Waals surface area contributed by atoms with Crippen LogP contribution in [0.4, 0.5) is 19.1 Å². The van der Waals surface area contributed by atoms with Gasteiger partial charge < -0.3 is 10.2 Å². The molecule has 0 spiro atoms. The fourth-order valence-corrected chi connectivity index (χ4v) is 2.05. The van der Waals surface area contributed by atoms with Crippen LogP contribution in [0, 0.1) is 13.8 Å². The second-order valence-electron chi connectivity index (χ2n) is 3.67. The van der Waals surface area contributed by atoms with Crippen molar-refractivity contribution in [2.45, 2.75) is 30.3 Å². The molecule has 2 rings (SSSR count). The number of alkyl halides is 3. The molecule has 0 aliphatic rings. The first-order valence-electron chi connectivity index (χ1n) is 5.09. The van der Waals surface area contributed by atoms with Crippen molar-refractivity contribution in [3.63, 3.8) is 0 Å². The van der Waals surface area contributed by atoms with Crippen LogP contribution in [0.3, 0.4) is 0 Å². The molecule has 2 heterocycles. The number of nitrogens with two attached hydrogens (primary N) is 1. The van der Waals surface area contributed by atoms with Crippen LogP contribution >= 0.6 is 11.8 Å². The van der Waals surface area contributed by atoms with Gasteiger partial charge in [0.2, 0.25) is 5.95 Å². The van der Waals surface area contributed by atoms with Crippen LogP contribution in [0.2, 0.25) is 0 Å². The maximum atomic E-state index is 12.6. The third kappa shape index (κ3) is 3.16. The average Bonchev–Trinajstić information content (AvgIpc) is 2.55. The van der Waals surface area contributed by atoms with Gasteiger partial charge in [-0.15, -0.1) is 0 Å². The largest absolute Gasteiger partial charge is 0.436 e. The second-order valence-corrected chi connectivity index (χ2v) is 4.64. The Morgan fingerprint density at radius 2 is 1.89 bits per heavy atom. The Morgan fingerprint density at radius 1 is 1.21 bits per heavy atom. The van der Waals surface area contributed by atoms with E-state index in [0.717, 1.165) is 17.8 Å². The van der Waals surface area contributed by atoms with Crippen molar-refractivity contribution in [2.24, 2.45) is 0 Å². The molecule has 0 aliphatic carbocycles. The van der Waals surface area contributed by atoms with Crippen molar-refractivity contribution < 1.29 is 17.6 Å². The van der Waals surface area contributed by atoms with E-state index >= 15 is 0 Å². The molecular formula is C10H9F3N4OS. The first-order valence-corrected chi connectivity index (χ1v) is 5.91. The summed E-state index contributed by atoms with van der Waals surface area (Å²) in [6.45, 7) is 3.44. The molecule has 0 saturated carbocycles. The quantitative estimate of drug-likeness (QED) is 0.857. The number of nitrogens with zero attached hydrogens (tertiary/aromatic N) is 3.